The molecule has 2 amide bonds. The second kappa shape index (κ2) is 10.3. The van der Waals surface area contributed by atoms with Gasteiger partial charge in [-0.15, -0.1) is 0 Å². The van der Waals surface area contributed by atoms with Gasteiger partial charge in [0.1, 0.15) is 11.6 Å². The van der Waals surface area contributed by atoms with Crippen LogP contribution in [0.1, 0.15) is 27.8 Å². The van der Waals surface area contributed by atoms with Crippen molar-refractivity contribution < 1.29 is 31.5 Å². The van der Waals surface area contributed by atoms with Crippen LogP contribution in [0.25, 0.3) is 0 Å². The third-order valence-electron chi connectivity index (χ3n) is 5.94. The van der Waals surface area contributed by atoms with Crippen molar-refractivity contribution in [3.63, 3.8) is 0 Å². The maximum atomic E-state index is 13.8. The summed E-state index contributed by atoms with van der Waals surface area (Å²) in [4.78, 5) is 27.0. The zero-order valence-electron chi connectivity index (χ0n) is 18.8. The molecule has 188 valence electrons. The summed E-state index contributed by atoms with van der Waals surface area (Å²) in [7, 11) is 0. The minimum atomic E-state index is -4.82. The molecule has 3 aromatic rings. The monoisotopic (exact) mass is 522 g/mol. The molecule has 1 N–H and O–H groups in total. The van der Waals surface area contributed by atoms with E-state index in [2.05, 4.69) is 5.32 Å². The van der Waals surface area contributed by atoms with Crippen molar-refractivity contribution >= 4 is 29.1 Å². The van der Waals surface area contributed by atoms with Gasteiger partial charge in [-0.1, -0.05) is 35.9 Å². The molecule has 1 heterocycles. The molecule has 4 nitrogen and oxygen atoms in total. The van der Waals surface area contributed by atoms with Gasteiger partial charge < -0.3 is 10.2 Å². The van der Waals surface area contributed by atoms with Crippen LogP contribution in [0.5, 0.6) is 0 Å². The first-order chi connectivity index (χ1) is 17.0. The molecule has 0 aliphatic carbocycles. The number of amides is 2. The van der Waals surface area contributed by atoms with E-state index in [1.165, 1.54) is 12.1 Å². The third kappa shape index (κ3) is 5.84. The molecule has 0 fully saturated rings. The smallest absolute Gasteiger partial charge is 0.338 e. The fourth-order valence-electron chi connectivity index (χ4n) is 4.13. The van der Waals surface area contributed by atoms with Crippen molar-refractivity contribution in [3.05, 3.63) is 99.1 Å². The molecule has 3 aromatic carbocycles. The number of carbonyl (C=O) groups is 2. The number of alkyl halides is 3. The number of nitrogens with zero attached hydrogens (tertiary/aromatic N) is 1. The number of hydrogen-bond acceptors (Lipinski definition) is 2. The number of rotatable bonds is 5. The Balaban J connectivity index is 1.45. The van der Waals surface area contributed by atoms with Gasteiger partial charge in [0.15, 0.2) is 0 Å². The molecule has 10 heteroatoms. The second-order valence-electron chi connectivity index (χ2n) is 8.47. The third-order valence-corrected chi connectivity index (χ3v) is 6.26. The fourth-order valence-corrected chi connectivity index (χ4v) is 4.36. The summed E-state index contributed by atoms with van der Waals surface area (Å²) in [5.74, 6) is -2.53. The SMILES string of the molecule is O=C(Cc1ccc(C(F)(F)F)c(F)c1)Nc1c(Cl)ccc2c1CCN(C(=O)Cc1ccc(F)cc1)C2. The predicted molar refractivity (Wildman–Crippen MR) is 124 cm³/mol. The standard InChI is InChI=1S/C26H20ClF5N2O2/c27-21-8-4-17-14-34(24(36)13-15-1-5-18(28)6-2-15)10-9-19(17)25(21)33-23(35)12-16-3-7-20(22(29)11-16)26(30,31)32/h1-8,11H,9-10,12-14H2,(H,33,35). The lowest BCUT2D eigenvalue weighted by molar-refractivity contribution is -0.140. The number of benzene rings is 3. The summed E-state index contributed by atoms with van der Waals surface area (Å²) in [6.45, 7) is 0.667. The summed E-state index contributed by atoms with van der Waals surface area (Å²) in [6, 6.07) is 11.4. The molecule has 1 aliphatic rings. The molecule has 0 saturated carbocycles. The Hall–Kier alpha value is -3.46. The maximum absolute atomic E-state index is 13.8. The summed E-state index contributed by atoms with van der Waals surface area (Å²) in [6.07, 6.45) is -4.64. The van der Waals surface area contributed by atoms with Gasteiger partial charge in [-0.25, -0.2) is 8.78 Å². The van der Waals surface area contributed by atoms with Gasteiger partial charge in [-0.3, -0.25) is 9.59 Å². The quantitative estimate of drug-likeness (QED) is 0.421. The van der Waals surface area contributed by atoms with Gasteiger partial charge in [-0.2, -0.15) is 13.2 Å². The zero-order valence-corrected chi connectivity index (χ0v) is 19.5. The topological polar surface area (TPSA) is 49.4 Å². The van der Waals surface area contributed by atoms with Crippen LogP contribution in [0.15, 0.2) is 54.6 Å². The lowest BCUT2D eigenvalue weighted by Gasteiger charge is -2.30. The van der Waals surface area contributed by atoms with Crippen LogP contribution in [0.2, 0.25) is 5.02 Å². The summed E-state index contributed by atoms with van der Waals surface area (Å²) in [5.41, 5.74) is 1.27. The normalized spacial score (nSPS) is 13.3. The first kappa shape index (κ1) is 25.6. The molecule has 0 spiro atoms. The molecule has 0 unspecified atom stereocenters. The Labute approximate surface area is 208 Å². The van der Waals surface area contributed by atoms with E-state index < -0.39 is 23.5 Å². The first-order valence-corrected chi connectivity index (χ1v) is 11.4. The molecule has 4 rings (SSSR count). The van der Waals surface area contributed by atoms with Crippen LogP contribution in [-0.2, 0) is 41.6 Å². The van der Waals surface area contributed by atoms with Gasteiger partial charge >= 0.3 is 6.18 Å². The lowest BCUT2D eigenvalue weighted by Crippen LogP contribution is -2.37. The van der Waals surface area contributed by atoms with Crippen molar-refractivity contribution in [2.75, 3.05) is 11.9 Å². The van der Waals surface area contributed by atoms with Crippen LogP contribution in [0.3, 0.4) is 0 Å². The predicted octanol–water partition coefficient (Wildman–Crippen LogP) is 5.95. The number of halogens is 6. The summed E-state index contributed by atoms with van der Waals surface area (Å²) < 4.78 is 65.3. The van der Waals surface area contributed by atoms with Crippen molar-refractivity contribution in [2.24, 2.45) is 0 Å². The van der Waals surface area contributed by atoms with Gasteiger partial charge in [0.05, 0.1) is 29.1 Å². The molecule has 0 radical (unpaired) electrons. The highest BCUT2D eigenvalue weighted by atomic mass is 35.5. The lowest BCUT2D eigenvalue weighted by atomic mass is 9.96. The van der Waals surface area contributed by atoms with Crippen molar-refractivity contribution in [1.82, 2.24) is 4.90 Å². The summed E-state index contributed by atoms with van der Waals surface area (Å²) >= 11 is 6.31. The van der Waals surface area contributed by atoms with Gasteiger partial charge in [-0.05, 0) is 59.0 Å². The van der Waals surface area contributed by atoms with E-state index in [9.17, 15) is 31.5 Å². The van der Waals surface area contributed by atoms with E-state index in [-0.39, 0.29) is 35.2 Å². The van der Waals surface area contributed by atoms with E-state index in [1.54, 1.807) is 29.2 Å². The van der Waals surface area contributed by atoms with E-state index >= 15 is 0 Å². The van der Waals surface area contributed by atoms with Crippen molar-refractivity contribution in [3.8, 4) is 0 Å². The Kier molecular flexibility index (Phi) is 7.31. The van der Waals surface area contributed by atoms with Crippen LogP contribution >= 0.6 is 11.6 Å². The minimum absolute atomic E-state index is 0.0801. The van der Waals surface area contributed by atoms with Crippen LogP contribution in [0.4, 0.5) is 27.6 Å². The first-order valence-electron chi connectivity index (χ1n) is 11.0. The average Bonchev–Trinajstić information content (AvgIpc) is 2.81. The Morgan fingerprint density at radius 1 is 0.944 bits per heavy atom. The molecule has 36 heavy (non-hydrogen) atoms. The highest BCUT2D eigenvalue weighted by Gasteiger charge is 2.34. The zero-order chi connectivity index (χ0) is 26.0. The van der Waals surface area contributed by atoms with Crippen LogP contribution < -0.4 is 5.32 Å². The van der Waals surface area contributed by atoms with E-state index in [4.69, 9.17) is 11.6 Å². The van der Waals surface area contributed by atoms with E-state index in [0.29, 0.717) is 42.9 Å². The number of carbonyl (C=O) groups excluding carboxylic acids is 2. The molecule has 0 bridgehead atoms. The Morgan fingerprint density at radius 2 is 1.64 bits per heavy atom. The fraction of sp³-hybridized carbons (Fsp3) is 0.231. The molecular formula is C26H20ClF5N2O2. The average molecular weight is 523 g/mol. The van der Waals surface area contributed by atoms with Gasteiger partial charge in [0, 0.05) is 13.1 Å². The van der Waals surface area contributed by atoms with Crippen molar-refractivity contribution in [2.45, 2.75) is 32.0 Å². The van der Waals surface area contributed by atoms with Crippen molar-refractivity contribution in [1.29, 1.82) is 0 Å². The number of hydrogen-bond donors (Lipinski definition) is 1. The largest absolute Gasteiger partial charge is 0.419 e. The maximum Gasteiger partial charge on any atom is 0.419 e. The number of nitrogens with one attached hydrogen (secondary N) is 1. The molecule has 1 aliphatic heterocycles. The Morgan fingerprint density at radius 3 is 2.31 bits per heavy atom. The molecule has 0 atom stereocenters. The Bertz CT molecular complexity index is 1310. The number of fused-ring (bicyclic) bond motifs is 1. The van der Waals surface area contributed by atoms with Gasteiger partial charge in [0.2, 0.25) is 11.8 Å². The van der Waals surface area contributed by atoms with Crippen LogP contribution in [-0.4, -0.2) is 23.3 Å². The van der Waals surface area contributed by atoms with Gasteiger partial charge in [0.25, 0.3) is 0 Å². The highest BCUT2D eigenvalue weighted by molar-refractivity contribution is 6.34. The molecule has 0 aromatic heterocycles. The van der Waals surface area contributed by atoms with Crippen LogP contribution in [0, 0.1) is 11.6 Å². The van der Waals surface area contributed by atoms with E-state index in [0.717, 1.165) is 17.2 Å². The second-order valence-corrected chi connectivity index (χ2v) is 8.87. The highest BCUT2D eigenvalue weighted by Crippen LogP contribution is 2.34. The summed E-state index contributed by atoms with van der Waals surface area (Å²) in [5, 5.41) is 2.96. The van der Waals surface area contributed by atoms with E-state index in [1.807, 2.05) is 0 Å². The molecular weight excluding hydrogens is 503 g/mol. The number of anilines is 1. The molecule has 0 saturated heterocycles. The minimum Gasteiger partial charge on any atom is -0.338 e.